The summed E-state index contributed by atoms with van der Waals surface area (Å²) in [4.78, 5) is 0.0303. The molecule has 0 saturated heterocycles. The number of ether oxygens (including phenoxy) is 4. The van der Waals surface area contributed by atoms with Gasteiger partial charge in [0.1, 0.15) is 5.75 Å². The molecule has 0 aliphatic rings. The van der Waals surface area contributed by atoms with Crippen molar-refractivity contribution in [1.29, 1.82) is 0 Å². The molecule has 1 N–H and O–H groups in total. The summed E-state index contributed by atoms with van der Waals surface area (Å²) in [5.74, 6) is 1.66. The normalized spacial score (nSPS) is 11.1. The number of hydrogen-bond acceptors (Lipinski definition) is 6. The number of hydrogen-bond donors (Lipinski definition) is 1. The molecule has 7 nitrogen and oxygen atoms in total. The summed E-state index contributed by atoms with van der Waals surface area (Å²) in [5.41, 5.74) is 0.591. The highest BCUT2D eigenvalue weighted by molar-refractivity contribution is 7.89. The number of methoxy groups -OCH3 is 4. The van der Waals surface area contributed by atoms with Crippen LogP contribution in [0.15, 0.2) is 35.2 Å². The fraction of sp³-hybridized carbons (Fsp3) is 0.294. The lowest BCUT2D eigenvalue weighted by atomic mass is 10.1. The van der Waals surface area contributed by atoms with Crippen molar-refractivity contribution in [2.75, 3.05) is 28.4 Å². The maximum absolute atomic E-state index is 12.5. The Morgan fingerprint density at radius 2 is 1.50 bits per heavy atom. The first-order valence-corrected chi connectivity index (χ1v) is 9.35. The standard InChI is InChI=1S/C17H20ClNO6S/c1-22-14-8-6-12(9-13(14)18)26(20,21)19-10-11-5-7-15(23-2)17(25-4)16(11)24-3/h5-9,19H,10H2,1-4H3. The van der Waals surface area contributed by atoms with Gasteiger partial charge in [-0.15, -0.1) is 0 Å². The molecule has 2 aromatic carbocycles. The first-order valence-electron chi connectivity index (χ1n) is 7.49. The third-order valence-electron chi connectivity index (χ3n) is 3.67. The number of sulfonamides is 1. The fourth-order valence-electron chi connectivity index (χ4n) is 2.37. The van der Waals surface area contributed by atoms with Gasteiger partial charge in [-0.1, -0.05) is 17.7 Å². The van der Waals surface area contributed by atoms with Crippen LogP contribution in [0.4, 0.5) is 0 Å². The minimum atomic E-state index is -3.78. The van der Waals surface area contributed by atoms with Gasteiger partial charge >= 0.3 is 0 Å². The van der Waals surface area contributed by atoms with Crippen molar-refractivity contribution in [1.82, 2.24) is 4.72 Å². The van der Waals surface area contributed by atoms with Gasteiger partial charge in [0.05, 0.1) is 38.4 Å². The van der Waals surface area contributed by atoms with Gasteiger partial charge < -0.3 is 18.9 Å². The summed E-state index contributed by atoms with van der Waals surface area (Å²) in [7, 11) is 2.13. The average molecular weight is 402 g/mol. The van der Waals surface area contributed by atoms with E-state index in [-0.39, 0.29) is 16.5 Å². The van der Waals surface area contributed by atoms with Crippen LogP contribution in [0.2, 0.25) is 5.02 Å². The van der Waals surface area contributed by atoms with Crippen LogP contribution in [0.1, 0.15) is 5.56 Å². The molecule has 0 amide bonds. The zero-order chi connectivity index (χ0) is 19.3. The van der Waals surface area contributed by atoms with Crippen molar-refractivity contribution >= 4 is 21.6 Å². The number of nitrogens with one attached hydrogen (secondary N) is 1. The van der Waals surface area contributed by atoms with Crippen LogP contribution in [-0.4, -0.2) is 36.9 Å². The van der Waals surface area contributed by atoms with Crippen LogP contribution in [0.3, 0.4) is 0 Å². The van der Waals surface area contributed by atoms with Gasteiger partial charge in [-0.2, -0.15) is 0 Å². The molecular weight excluding hydrogens is 382 g/mol. The van der Waals surface area contributed by atoms with Crippen LogP contribution < -0.4 is 23.7 Å². The molecule has 0 aliphatic heterocycles. The second kappa shape index (κ2) is 8.48. The number of benzene rings is 2. The Balaban J connectivity index is 2.28. The molecule has 0 bridgehead atoms. The summed E-state index contributed by atoms with van der Waals surface area (Å²) in [6.45, 7) is -0.00446. The molecule has 0 spiro atoms. The van der Waals surface area contributed by atoms with Crippen molar-refractivity contribution in [3.8, 4) is 23.0 Å². The lowest BCUT2D eigenvalue weighted by molar-refractivity contribution is 0.322. The van der Waals surface area contributed by atoms with E-state index in [0.29, 0.717) is 28.6 Å². The van der Waals surface area contributed by atoms with Crippen molar-refractivity contribution in [3.05, 3.63) is 40.9 Å². The van der Waals surface area contributed by atoms with Crippen LogP contribution in [-0.2, 0) is 16.6 Å². The SMILES string of the molecule is COc1ccc(S(=O)(=O)NCc2ccc(OC)c(OC)c2OC)cc1Cl. The predicted molar refractivity (Wildman–Crippen MR) is 98.1 cm³/mol. The summed E-state index contributed by atoms with van der Waals surface area (Å²) in [6, 6.07) is 7.61. The highest BCUT2D eigenvalue weighted by Crippen LogP contribution is 2.39. The summed E-state index contributed by atoms with van der Waals surface area (Å²) >= 11 is 6.01. The first-order chi connectivity index (χ1) is 12.4. The summed E-state index contributed by atoms with van der Waals surface area (Å²) < 4.78 is 48.5. The van der Waals surface area contributed by atoms with Gasteiger partial charge in [0, 0.05) is 12.1 Å². The second-order valence-corrected chi connectivity index (χ2v) is 7.29. The van der Waals surface area contributed by atoms with Gasteiger partial charge in [-0.05, 0) is 24.3 Å². The van der Waals surface area contributed by atoms with E-state index >= 15 is 0 Å². The van der Waals surface area contributed by atoms with E-state index in [0.717, 1.165) is 0 Å². The number of rotatable bonds is 8. The fourth-order valence-corrected chi connectivity index (χ4v) is 3.73. The maximum Gasteiger partial charge on any atom is 0.240 e. The number of halogens is 1. The smallest absolute Gasteiger partial charge is 0.240 e. The quantitative estimate of drug-likeness (QED) is 0.732. The van der Waals surface area contributed by atoms with Crippen LogP contribution >= 0.6 is 11.6 Å². The minimum Gasteiger partial charge on any atom is -0.495 e. The van der Waals surface area contributed by atoms with Crippen LogP contribution in [0.25, 0.3) is 0 Å². The van der Waals surface area contributed by atoms with E-state index in [9.17, 15) is 8.42 Å². The predicted octanol–water partition coefficient (Wildman–Crippen LogP) is 2.85. The summed E-state index contributed by atoms with van der Waals surface area (Å²) in [5, 5.41) is 0.207. The average Bonchev–Trinajstić information content (AvgIpc) is 2.65. The van der Waals surface area contributed by atoms with Crippen molar-refractivity contribution < 1.29 is 27.4 Å². The highest BCUT2D eigenvalue weighted by Gasteiger charge is 2.20. The Kier molecular flexibility index (Phi) is 6.57. The molecule has 0 aliphatic carbocycles. The van der Waals surface area contributed by atoms with Crippen molar-refractivity contribution in [3.63, 3.8) is 0 Å². The van der Waals surface area contributed by atoms with Crippen LogP contribution in [0, 0.1) is 0 Å². The van der Waals surface area contributed by atoms with Gasteiger partial charge in [-0.25, -0.2) is 13.1 Å². The molecule has 0 atom stereocenters. The Bertz CT molecular complexity index is 885. The molecule has 0 saturated carbocycles. The molecule has 2 aromatic rings. The Hall–Kier alpha value is -2.16. The van der Waals surface area contributed by atoms with Gasteiger partial charge in [0.25, 0.3) is 0 Å². The topological polar surface area (TPSA) is 83.1 Å². The molecule has 0 heterocycles. The lowest BCUT2D eigenvalue weighted by Crippen LogP contribution is -2.23. The Morgan fingerprint density at radius 1 is 0.885 bits per heavy atom. The van der Waals surface area contributed by atoms with E-state index in [2.05, 4.69) is 4.72 Å². The Labute approximate surface area is 157 Å². The molecule has 9 heteroatoms. The maximum atomic E-state index is 12.5. The van der Waals surface area contributed by atoms with Gasteiger partial charge in [0.15, 0.2) is 11.5 Å². The minimum absolute atomic E-state index is 0.00446. The molecule has 142 valence electrons. The first kappa shape index (κ1) is 20.2. The largest absolute Gasteiger partial charge is 0.495 e. The van der Waals surface area contributed by atoms with Gasteiger partial charge in [0.2, 0.25) is 15.8 Å². The monoisotopic (exact) mass is 401 g/mol. The van der Waals surface area contributed by atoms with E-state index in [1.807, 2.05) is 0 Å². The molecule has 0 unspecified atom stereocenters. The van der Waals surface area contributed by atoms with E-state index in [1.165, 1.54) is 46.6 Å². The molecule has 26 heavy (non-hydrogen) atoms. The lowest BCUT2D eigenvalue weighted by Gasteiger charge is -2.16. The second-order valence-electron chi connectivity index (χ2n) is 5.11. The Morgan fingerprint density at radius 3 is 2.04 bits per heavy atom. The zero-order valence-corrected chi connectivity index (χ0v) is 16.4. The molecule has 0 radical (unpaired) electrons. The molecule has 0 aromatic heterocycles. The zero-order valence-electron chi connectivity index (χ0n) is 14.8. The van der Waals surface area contributed by atoms with E-state index in [1.54, 1.807) is 12.1 Å². The van der Waals surface area contributed by atoms with Crippen molar-refractivity contribution in [2.45, 2.75) is 11.4 Å². The third-order valence-corrected chi connectivity index (χ3v) is 5.37. The van der Waals surface area contributed by atoms with E-state index in [4.69, 9.17) is 30.5 Å². The third kappa shape index (κ3) is 4.14. The van der Waals surface area contributed by atoms with Crippen molar-refractivity contribution in [2.24, 2.45) is 0 Å². The summed E-state index contributed by atoms with van der Waals surface area (Å²) in [6.07, 6.45) is 0. The molecular formula is C17H20ClNO6S. The molecule has 2 rings (SSSR count). The van der Waals surface area contributed by atoms with E-state index < -0.39 is 10.0 Å². The van der Waals surface area contributed by atoms with Gasteiger partial charge in [-0.3, -0.25) is 0 Å². The molecule has 0 fully saturated rings. The van der Waals surface area contributed by atoms with Crippen LogP contribution in [0.5, 0.6) is 23.0 Å². The highest BCUT2D eigenvalue weighted by atomic mass is 35.5.